The first-order chi connectivity index (χ1) is 10.3. The molecule has 0 atom stereocenters. The van der Waals surface area contributed by atoms with Crippen molar-refractivity contribution in [2.75, 3.05) is 32.8 Å². The monoisotopic (exact) mass is 289 g/mol. The van der Waals surface area contributed by atoms with Crippen LogP contribution < -0.4 is 5.56 Å². The molecule has 1 fully saturated rings. The van der Waals surface area contributed by atoms with E-state index in [9.17, 15) is 4.79 Å². The van der Waals surface area contributed by atoms with E-state index in [4.69, 9.17) is 4.74 Å². The van der Waals surface area contributed by atoms with Crippen LogP contribution in [0.4, 0.5) is 0 Å². The second-order valence-electron chi connectivity index (χ2n) is 5.53. The number of hydrogen-bond donors (Lipinski definition) is 0. The molecule has 0 spiro atoms. The first-order valence-corrected chi connectivity index (χ1v) is 7.78. The number of ether oxygens (including phenoxy) is 1. The molecule has 0 amide bonds. The van der Waals surface area contributed by atoms with Crippen molar-refractivity contribution in [3.8, 4) is 0 Å². The first kappa shape index (κ1) is 14.4. The van der Waals surface area contributed by atoms with Crippen molar-refractivity contribution in [1.29, 1.82) is 0 Å². The highest BCUT2D eigenvalue weighted by Gasteiger charge is 2.10. The molecule has 5 nitrogen and oxygen atoms in total. The fourth-order valence-corrected chi connectivity index (χ4v) is 2.97. The molecule has 0 unspecified atom stereocenters. The molecule has 0 saturated carbocycles. The van der Waals surface area contributed by atoms with Gasteiger partial charge in [-0.25, -0.2) is 0 Å². The van der Waals surface area contributed by atoms with Gasteiger partial charge >= 0.3 is 0 Å². The van der Waals surface area contributed by atoms with Crippen LogP contribution in [0, 0.1) is 0 Å². The van der Waals surface area contributed by atoms with Crippen LogP contribution in [-0.4, -0.2) is 46.9 Å². The van der Waals surface area contributed by atoms with Crippen LogP contribution in [0.25, 0.3) is 10.9 Å². The fourth-order valence-electron chi connectivity index (χ4n) is 2.97. The molecule has 0 N–H and O–H groups in total. The minimum Gasteiger partial charge on any atom is -0.379 e. The molecule has 0 aromatic carbocycles. The van der Waals surface area contributed by atoms with Crippen LogP contribution in [0.2, 0.25) is 0 Å². The molecule has 1 saturated heterocycles. The van der Waals surface area contributed by atoms with Gasteiger partial charge in [0.1, 0.15) is 5.52 Å². The van der Waals surface area contributed by atoms with Gasteiger partial charge in [0.2, 0.25) is 0 Å². The molecule has 114 valence electrons. The Morgan fingerprint density at radius 3 is 2.52 bits per heavy atom. The molecule has 3 heterocycles. The van der Waals surface area contributed by atoms with Crippen molar-refractivity contribution < 1.29 is 4.74 Å². The van der Waals surface area contributed by atoms with Crippen LogP contribution in [0.5, 0.6) is 0 Å². The molecule has 3 rings (SSSR count). The zero-order valence-electron chi connectivity index (χ0n) is 12.6. The summed E-state index contributed by atoms with van der Waals surface area (Å²) in [6.07, 6.45) is 4.91. The maximum Gasteiger partial charge on any atom is 0.275 e. The van der Waals surface area contributed by atoms with Crippen molar-refractivity contribution in [2.45, 2.75) is 26.4 Å². The number of aromatic nitrogens is 2. The lowest BCUT2D eigenvalue weighted by Gasteiger charge is -2.26. The summed E-state index contributed by atoms with van der Waals surface area (Å²) in [5.74, 6) is 0. The van der Waals surface area contributed by atoms with Crippen LogP contribution in [0.15, 0.2) is 29.3 Å². The minimum atomic E-state index is 0.126. The highest BCUT2D eigenvalue weighted by Crippen LogP contribution is 2.11. The summed E-state index contributed by atoms with van der Waals surface area (Å²) in [5.41, 5.74) is 0.952. The van der Waals surface area contributed by atoms with Gasteiger partial charge in [0.05, 0.1) is 13.2 Å². The summed E-state index contributed by atoms with van der Waals surface area (Å²) >= 11 is 0. The van der Waals surface area contributed by atoms with Crippen LogP contribution >= 0.6 is 0 Å². The maximum absolute atomic E-state index is 12.6. The van der Waals surface area contributed by atoms with E-state index in [1.165, 1.54) is 0 Å². The highest BCUT2D eigenvalue weighted by atomic mass is 16.5. The van der Waals surface area contributed by atoms with Gasteiger partial charge in [0, 0.05) is 50.5 Å². The Hall–Kier alpha value is -1.59. The van der Waals surface area contributed by atoms with Crippen molar-refractivity contribution >= 4 is 10.9 Å². The van der Waals surface area contributed by atoms with Crippen LogP contribution in [0.1, 0.15) is 13.3 Å². The Kier molecular flexibility index (Phi) is 4.41. The van der Waals surface area contributed by atoms with E-state index in [1.54, 1.807) is 0 Å². The fraction of sp³-hybridized carbons (Fsp3) is 0.562. The minimum absolute atomic E-state index is 0.126. The summed E-state index contributed by atoms with van der Waals surface area (Å²) in [7, 11) is 0. The third-order valence-corrected chi connectivity index (χ3v) is 4.21. The van der Waals surface area contributed by atoms with Crippen molar-refractivity contribution in [3.63, 3.8) is 0 Å². The molecule has 5 heteroatoms. The van der Waals surface area contributed by atoms with E-state index >= 15 is 0 Å². The second-order valence-corrected chi connectivity index (χ2v) is 5.53. The van der Waals surface area contributed by atoms with E-state index in [0.717, 1.165) is 63.3 Å². The molecule has 1 aliphatic rings. The van der Waals surface area contributed by atoms with Gasteiger partial charge in [-0.05, 0) is 25.5 Å². The average molecular weight is 289 g/mol. The molecule has 2 aromatic rings. The zero-order valence-corrected chi connectivity index (χ0v) is 12.6. The zero-order chi connectivity index (χ0) is 14.7. The Balaban J connectivity index is 1.69. The Morgan fingerprint density at radius 1 is 1.10 bits per heavy atom. The van der Waals surface area contributed by atoms with Crippen molar-refractivity contribution in [3.05, 3.63) is 34.9 Å². The summed E-state index contributed by atoms with van der Waals surface area (Å²) in [4.78, 5) is 15.0. The molecule has 1 aliphatic heterocycles. The van der Waals surface area contributed by atoms with Gasteiger partial charge in [-0.3, -0.25) is 9.69 Å². The number of hydrogen-bond acceptors (Lipinski definition) is 3. The molecule has 0 aliphatic carbocycles. The predicted octanol–water partition coefficient (Wildman–Crippen LogP) is 1.55. The molecule has 21 heavy (non-hydrogen) atoms. The van der Waals surface area contributed by atoms with Crippen LogP contribution in [0.3, 0.4) is 0 Å². The Labute approximate surface area is 124 Å². The first-order valence-electron chi connectivity index (χ1n) is 7.78. The quantitative estimate of drug-likeness (QED) is 0.838. The summed E-state index contributed by atoms with van der Waals surface area (Å²) in [5, 5.41) is 1.03. The topological polar surface area (TPSA) is 39.4 Å². The van der Waals surface area contributed by atoms with E-state index in [1.807, 2.05) is 33.7 Å². The standard InChI is InChI=1S/C16H23N3O2/c1-2-18-8-4-14-5-9-19(16(20)15(14)18)7-3-6-17-10-12-21-13-11-17/h4-5,8-9H,2-3,6-7,10-13H2,1H3. The average Bonchev–Trinajstić information content (AvgIpc) is 2.94. The number of morpholine rings is 1. The largest absolute Gasteiger partial charge is 0.379 e. The highest BCUT2D eigenvalue weighted by molar-refractivity contribution is 5.78. The Bertz CT molecular complexity index is 653. The number of nitrogens with zero attached hydrogens (tertiary/aromatic N) is 3. The van der Waals surface area contributed by atoms with Crippen LogP contribution in [-0.2, 0) is 17.8 Å². The van der Waals surface area contributed by atoms with E-state index < -0.39 is 0 Å². The Morgan fingerprint density at radius 2 is 1.81 bits per heavy atom. The third kappa shape index (κ3) is 3.04. The van der Waals surface area contributed by atoms with E-state index in [0.29, 0.717) is 0 Å². The summed E-state index contributed by atoms with van der Waals surface area (Å²) < 4.78 is 9.21. The number of aryl methyl sites for hydroxylation is 2. The second kappa shape index (κ2) is 6.45. The van der Waals surface area contributed by atoms with Gasteiger partial charge < -0.3 is 13.9 Å². The summed E-state index contributed by atoms with van der Waals surface area (Å²) in [6, 6.07) is 4.05. The SMILES string of the molecule is CCn1ccc2ccn(CCCN3CCOCC3)c(=O)c21. The molecular weight excluding hydrogens is 266 g/mol. The predicted molar refractivity (Wildman–Crippen MR) is 83.7 cm³/mol. The van der Waals surface area contributed by atoms with Gasteiger partial charge in [-0.15, -0.1) is 0 Å². The normalized spacial score (nSPS) is 16.6. The smallest absolute Gasteiger partial charge is 0.275 e. The molecule has 2 aromatic heterocycles. The van der Waals surface area contributed by atoms with E-state index in [-0.39, 0.29) is 5.56 Å². The third-order valence-electron chi connectivity index (χ3n) is 4.21. The maximum atomic E-state index is 12.6. The van der Waals surface area contributed by atoms with Gasteiger partial charge in [-0.1, -0.05) is 0 Å². The number of fused-ring (bicyclic) bond motifs is 1. The lowest BCUT2D eigenvalue weighted by Crippen LogP contribution is -2.37. The molecular formula is C16H23N3O2. The van der Waals surface area contributed by atoms with Gasteiger partial charge in [0.15, 0.2) is 0 Å². The van der Waals surface area contributed by atoms with Gasteiger partial charge in [0.25, 0.3) is 5.56 Å². The van der Waals surface area contributed by atoms with Crippen molar-refractivity contribution in [1.82, 2.24) is 14.0 Å². The van der Waals surface area contributed by atoms with Gasteiger partial charge in [-0.2, -0.15) is 0 Å². The van der Waals surface area contributed by atoms with Crippen molar-refractivity contribution in [2.24, 2.45) is 0 Å². The number of rotatable bonds is 5. The lowest BCUT2D eigenvalue weighted by molar-refractivity contribution is 0.0369. The van der Waals surface area contributed by atoms with E-state index in [2.05, 4.69) is 11.8 Å². The molecule has 0 bridgehead atoms. The summed E-state index contributed by atoms with van der Waals surface area (Å²) in [6.45, 7) is 8.37. The number of pyridine rings is 1. The lowest BCUT2D eigenvalue weighted by atomic mass is 10.3. The molecule has 0 radical (unpaired) electrons.